The molecule has 33 heavy (non-hydrogen) atoms. The minimum absolute atomic E-state index is 0.0637. The van der Waals surface area contributed by atoms with Gasteiger partial charge in [-0.3, -0.25) is 9.79 Å². The number of benzene rings is 3. The van der Waals surface area contributed by atoms with Crippen LogP contribution in [-0.4, -0.2) is 34.2 Å². The van der Waals surface area contributed by atoms with Crippen LogP contribution < -0.4 is 4.74 Å². The largest absolute Gasteiger partial charge is 0.497 e. The molecule has 168 valence electrons. The Morgan fingerprint density at radius 2 is 1.45 bits per heavy atom. The molecular formula is C28H27ClN2O2. The number of aliphatic imine (C=N–C) groups is 1. The normalized spacial score (nSPS) is 24.0. The summed E-state index contributed by atoms with van der Waals surface area (Å²) in [4.78, 5) is 21.0. The van der Waals surface area contributed by atoms with E-state index in [-0.39, 0.29) is 5.91 Å². The summed E-state index contributed by atoms with van der Waals surface area (Å²) in [6, 6.07) is 28.2. The van der Waals surface area contributed by atoms with E-state index in [2.05, 4.69) is 24.3 Å². The van der Waals surface area contributed by atoms with Gasteiger partial charge in [0.05, 0.1) is 7.11 Å². The Hall–Kier alpha value is -3.11. The van der Waals surface area contributed by atoms with Crippen molar-refractivity contribution in [2.75, 3.05) is 7.11 Å². The molecule has 3 aliphatic heterocycles. The fraction of sp³-hybridized carbons (Fsp3) is 0.286. The van der Waals surface area contributed by atoms with Crippen LogP contribution in [0.1, 0.15) is 29.5 Å². The van der Waals surface area contributed by atoms with Gasteiger partial charge in [0.1, 0.15) is 22.0 Å². The van der Waals surface area contributed by atoms with Crippen LogP contribution in [0, 0.1) is 0 Å². The maximum absolute atomic E-state index is 14.1. The third kappa shape index (κ3) is 3.93. The second-order valence-corrected chi connectivity index (χ2v) is 9.39. The SMILES string of the molecule is COc1ccc(CN2C(=O)C3(Cc4ccccc4)CCC2(Cc2ccccc2)C(Cl)=N3)cc1. The lowest BCUT2D eigenvalue weighted by Gasteiger charge is -2.56. The first-order valence-electron chi connectivity index (χ1n) is 11.3. The monoisotopic (exact) mass is 458 g/mol. The third-order valence-corrected chi connectivity index (χ3v) is 7.42. The number of carbonyl (C=O) groups is 1. The minimum Gasteiger partial charge on any atom is -0.497 e. The summed E-state index contributed by atoms with van der Waals surface area (Å²) in [6.45, 7) is 0.484. The van der Waals surface area contributed by atoms with Gasteiger partial charge in [-0.1, -0.05) is 84.4 Å². The number of methoxy groups -OCH3 is 1. The van der Waals surface area contributed by atoms with Crippen LogP contribution in [0.4, 0.5) is 0 Å². The van der Waals surface area contributed by atoms with Crippen molar-refractivity contribution in [2.45, 2.75) is 43.3 Å². The van der Waals surface area contributed by atoms with Crippen molar-refractivity contribution in [1.29, 1.82) is 0 Å². The molecule has 0 aromatic heterocycles. The Balaban J connectivity index is 1.55. The smallest absolute Gasteiger partial charge is 0.252 e. The molecule has 3 heterocycles. The first kappa shape index (κ1) is 21.7. The predicted molar refractivity (Wildman–Crippen MR) is 132 cm³/mol. The molecule has 2 atom stereocenters. The van der Waals surface area contributed by atoms with Gasteiger partial charge in [-0.05, 0) is 41.7 Å². The molecule has 5 heteroatoms. The number of amides is 1. The third-order valence-electron chi connectivity index (χ3n) is 6.99. The Labute approximate surface area is 199 Å². The lowest BCUT2D eigenvalue weighted by atomic mass is 9.69. The lowest BCUT2D eigenvalue weighted by molar-refractivity contribution is -0.149. The molecule has 4 nitrogen and oxygen atoms in total. The van der Waals surface area contributed by atoms with Gasteiger partial charge in [0.2, 0.25) is 0 Å². The molecule has 0 spiro atoms. The highest BCUT2D eigenvalue weighted by Crippen LogP contribution is 2.47. The number of fused-ring (bicyclic) bond motifs is 2. The van der Waals surface area contributed by atoms with Crippen LogP contribution in [0.2, 0.25) is 0 Å². The molecule has 2 bridgehead atoms. The van der Waals surface area contributed by atoms with E-state index in [9.17, 15) is 4.79 Å². The highest BCUT2D eigenvalue weighted by Gasteiger charge is 2.60. The average Bonchev–Trinajstić information content (AvgIpc) is 2.85. The van der Waals surface area contributed by atoms with E-state index in [1.165, 1.54) is 0 Å². The van der Waals surface area contributed by atoms with Crippen LogP contribution in [0.3, 0.4) is 0 Å². The molecule has 1 saturated heterocycles. The van der Waals surface area contributed by atoms with Crippen LogP contribution in [0.5, 0.6) is 5.75 Å². The number of rotatable bonds is 7. The van der Waals surface area contributed by atoms with Gasteiger partial charge in [-0.2, -0.15) is 0 Å². The Morgan fingerprint density at radius 1 is 0.848 bits per heavy atom. The molecule has 0 aliphatic carbocycles. The lowest BCUT2D eigenvalue weighted by Crippen LogP contribution is -2.70. The van der Waals surface area contributed by atoms with Crippen LogP contribution >= 0.6 is 11.6 Å². The van der Waals surface area contributed by atoms with E-state index in [0.29, 0.717) is 31.0 Å². The molecule has 3 aromatic rings. The number of ether oxygens (including phenoxy) is 1. The Kier molecular flexibility index (Phi) is 5.71. The van der Waals surface area contributed by atoms with Crippen molar-refractivity contribution < 1.29 is 9.53 Å². The molecule has 0 radical (unpaired) electrons. The molecule has 6 rings (SSSR count). The topological polar surface area (TPSA) is 41.9 Å². The van der Waals surface area contributed by atoms with Gasteiger partial charge in [-0.25, -0.2) is 0 Å². The zero-order valence-electron chi connectivity index (χ0n) is 18.7. The molecule has 1 fully saturated rings. The van der Waals surface area contributed by atoms with E-state index in [0.717, 1.165) is 28.9 Å². The fourth-order valence-electron chi connectivity index (χ4n) is 5.18. The molecule has 3 aromatic carbocycles. The van der Waals surface area contributed by atoms with E-state index in [1.807, 2.05) is 65.6 Å². The van der Waals surface area contributed by atoms with E-state index in [1.54, 1.807) is 7.11 Å². The summed E-state index contributed by atoms with van der Waals surface area (Å²) in [5.74, 6) is 0.859. The second-order valence-electron chi connectivity index (χ2n) is 9.03. The highest BCUT2D eigenvalue weighted by atomic mass is 35.5. The number of hydrogen-bond donors (Lipinski definition) is 0. The predicted octanol–water partition coefficient (Wildman–Crippen LogP) is 5.43. The van der Waals surface area contributed by atoms with Gasteiger partial charge >= 0.3 is 0 Å². The van der Waals surface area contributed by atoms with E-state index < -0.39 is 11.1 Å². The molecular weight excluding hydrogens is 432 g/mol. The summed E-state index contributed by atoms with van der Waals surface area (Å²) in [5, 5.41) is 0.543. The van der Waals surface area contributed by atoms with Crippen molar-refractivity contribution in [3.63, 3.8) is 0 Å². The van der Waals surface area contributed by atoms with Crippen LogP contribution in [0.25, 0.3) is 0 Å². The first-order valence-corrected chi connectivity index (χ1v) is 11.7. The maximum atomic E-state index is 14.1. The zero-order chi connectivity index (χ0) is 22.9. The van der Waals surface area contributed by atoms with Crippen LogP contribution in [-0.2, 0) is 24.2 Å². The molecule has 0 saturated carbocycles. The summed E-state index contributed by atoms with van der Waals surface area (Å²) in [5.41, 5.74) is 1.82. The molecule has 3 aliphatic rings. The molecule has 2 unspecified atom stereocenters. The van der Waals surface area contributed by atoms with Gasteiger partial charge in [0.15, 0.2) is 0 Å². The number of carbonyl (C=O) groups excluding carboxylic acids is 1. The number of nitrogens with zero attached hydrogens (tertiary/aromatic N) is 2. The standard InChI is InChI=1S/C28H27ClN2O2/c1-33-24-14-12-23(13-15-24)20-31-26(32)27(18-21-8-4-2-5-9-21)16-17-28(31,25(29)30-27)19-22-10-6-3-7-11-22/h2-15H,16-20H2,1H3. The maximum Gasteiger partial charge on any atom is 0.252 e. The average molecular weight is 459 g/mol. The number of halogens is 1. The summed E-state index contributed by atoms with van der Waals surface area (Å²) >= 11 is 6.99. The van der Waals surface area contributed by atoms with Crippen molar-refractivity contribution in [3.05, 3.63) is 102 Å². The number of piperidine rings is 1. The zero-order valence-corrected chi connectivity index (χ0v) is 19.5. The Bertz CT molecular complexity index is 1160. The number of hydrogen-bond acceptors (Lipinski definition) is 3. The fourth-order valence-corrected chi connectivity index (χ4v) is 5.60. The van der Waals surface area contributed by atoms with Crippen molar-refractivity contribution in [1.82, 2.24) is 4.90 Å². The highest BCUT2D eigenvalue weighted by molar-refractivity contribution is 6.68. The van der Waals surface area contributed by atoms with Crippen molar-refractivity contribution >= 4 is 22.7 Å². The quantitative estimate of drug-likeness (QED) is 0.473. The van der Waals surface area contributed by atoms with Gasteiger partial charge in [-0.15, -0.1) is 0 Å². The first-order chi connectivity index (χ1) is 16.0. The summed E-state index contributed by atoms with van der Waals surface area (Å²) in [6.07, 6.45) is 2.70. The van der Waals surface area contributed by atoms with Crippen molar-refractivity contribution in [3.8, 4) is 5.75 Å². The molecule has 1 amide bonds. The van der Waals surface area contributed by atoms with E-state index >= 15 is 0 Å². The minimum atomic E-state index is -0.844. The van der Waals surface area contributed by atoms with E-state index in [4.69, 9.17) is 21.3 Å². The van der Waals surface area contributed by atoms with Gasteiger partial charge in [0, 0.05) is 19.4 Å². The second kappa shape index (κ2) is 8.68. The van der Waals surface area contributed by atoms with Gasteiger partial charge < -0.3 is 9.64 Å². The summed E-state index contributed by atoms with van der Waals surface area (Å²) < 4.78 is 5.31. The van der Waals surface area contributed by atoms with Crippen molar-refractivity contribution in [2.24, 2.45) is 4.99 Å². The van der Waals surface area contributed by atoms with Crippen LogP contribution in [0.15, 0.2) is 89.9 Å². The summed E-state index contributed by atoms with van der Waals surface area (Å²) in [7, 11) is 1.65. The molecule has 0 N–H and O–H groups in total. The van der Waals surface area contributed by atoms with Gasteiger partial charge in [0.25, 0.3) is 5.91 Å². The Morgan fingerprint density at radius 3 is 2.03 bits per heavy atom.